The van der Waals surface area contributed by atoms with Crippen LogP contribution < -0.4 is 0 Å². The Kier molecular flexibility index (Phi) is 4.28. The molecule has 0 aromatic rings. The molecule has 0 fully saturated rings. The average Bonchev–Trinajstić information content (AvgIpc) is 1.87. The third kappa shape index (κ3) is 4.13. The van der Waals surface area contributed by atoms with Crippen molar-refractivity contribution in [3.05, 3.63) is 0 Å². The van der Waals surface area contributed by atoms with Crippen molar-refractivity contribution in [3.8, 4) is 0 Å². The molecule has 0 heterocycles. The Morgan fingerprint density at radius 2 is 2.22 bits per heavy atom. The Morgan fingerprint density at radius 3 is 2.56 bits per heavy atom. The Bertz CT molecular complexity index is 90.9. The van der Waals surface area contributed by atoms with Gasteiger partial charge in [-0.25, -0.2) is 4.39 Å². The second kappa shape index (κ2) is 4.48. The van der Waals surface area contributed by atoms with E-state index >= 15 is 0 Å². The standard InChI is InChI=1S/C7H13FO/c1-3-6(2)4-7(9)5-8/h6H,3-5H2,1-2H3. The van der Waals surface area contributed by atoms with E-state index in [4.69, 9.17) is 0 Å². The van der Waals surface area contributed by atoms with Crippen LogP contribution in [-0.2, 0) is 4.79 Å². The summed E-state index contributed by atoms with van der Waals surface area (Å²) in [5.41, 5.74) is 0. The molecule has 54 valence electrons. The highest BCUT2D eigenvalue weighted by atomic mass is 19.1. The van der Waals surface area contributed by atoms with Crippen LogP contribution in [0.3, 0.4) is 0 Å². The maximum absolute atomic E-state index is 11.5. The molecule has 0 aromatic heterocycles. The number of hydrogen-bond acceptors (Lipinski definition) is 1. The molecule has 0 saturated heterocycles. The number of Topliss-reactive ketones (excluding diaryl/α,β-unsaturated/α-hetero) is 1. The minimum atomic E-state index is -0.801. The molecule has 0 saturated carbocycles. The van der Waals surface area contributed by atoms with E-state index in [2.05, 4.69) is 0 Å². The van der Waals surface area contributed by atoms with Crippen molar-refractivity contribution in [1.29, 1.82) is 0 Å². The molecule has 0 radical (unpaired) electrons. The third-order valence-corrected chi connectivity index (χ3v) is 1.42. The van der Waals surface area contributed by atoms with Crippen molar-refractivity contribution in [1.82, 2.24) is 0 Å². The van der Waals surface area contributed by atoms with Crippen molar-refractivity contribution < 1.29 is 9.18 Å². The topological polar surface area (TPSA) is 17.1 Å². The molecule has 0 aliphatic rings. The smallest absolute Gasteiger partial charge is 0.164 e. The van der Waals surface area contributed by atoms with Crippen molar-refractivity contribution >= 4 is 5.78 Å². The fraction of sp³-hybridized carbons (Fsp3) is 0.857. The molecular weight excluding hydrogens is 119 g/mol. The summed E-state index contributed by atoms with van der Waals surface area (Å²) in [6.45, 7) is 3.15. The van der Waals surface area contributed by atoms with Crippen LogP contribution in [0, 0.1) is 5.92 Å². The molecule has 0 N–H and O–H groups in total. The molecule has 0 amide bonds. The minimum absolute atomic E-state index is 0.274. The average molecular weight is 132 g/mol. The van der Waals surface area contributed by atoms with E-state index in [-0.39, 0.29) is 5.78 Å². The lowest BCUT2D eigenvalue weighted by atomic mass is 10.0. The first-order chi connectivity index (χ1) is 4.20. The van der Waals surface area contributed by atoms with E-state index in [1.165, 1.54) is 0 Å². The fourth-order valence-corrected chi connectivity index (χ4v) is 0.588. The molecule has 1 nitrogen and oxygen atoms in total. The normalized spacial score (nSPS) is 13.2. The Hall–Kier alpha value is -0.400. The van der Waals surface area contributed by atoms with Gasteiger partial charge in [0.1, 0.15) is 6.67 Å². The molecule has 1 unspecified atom stereocenters. The van der Waals surface area contributed by atoms with Gasteiger partial charge in [0, 0.05) is 6.42 Å². The molecule has 0 aliphatic carbocycles. The lowest BCUT2D eigenvalue weighted by molar-refractivity contribution is -0.120. The highest BCUT2D eigenvalue weighted by Gasteiger charge is 2.05. The number of ketones is 1. The van der Waals surface area contributed by atoms with Gasteiger partial charge < -0.3 is 0 Å². The first kappa shape index (κ1) is 8.60. The zero-order chi connectivity index (χ0) is 7.28. The number of rotatable bonds is 4. The van der Waals surface area contributed by atoms with Gasteiger partial charge in [0.15, 0.2) is 5.78 Å². The van der Waals surface area contributed by atoms with E-state index in [0.717, 1.165) is 6.42 Å². The van der Waals surface area contributed by atoms with Crippen LogP contribution in [0.15, 0.2) is 0 Å². The molecule has 0 aliphatic heterocycles. The fourth-order valence-electron chi connectivity index (χ4n) is 0.588. The van der Waals surface area contributed by atoms with E-state index < -0.39 is 6.67 Å². The molecule has 1 atom stereocenters. The first-order valence-electron chi connectivity index (χ1n) is 3.28. The summed E-state index contributed by atoms with van der Waals surface area (Å²) in [7, 11) is 0. The summed E-state index contributed by atoms with van der Waals surface area (Å²) >= 11 is 0. The van der Waals surface area contributed by atoms with Crippen LogP contribution in [0.25, 0.3) is 0 Å². The highest BCUT2D eigenvalue weighted by Crippen LogP contribution is 2.06. The number of carbonyl (C=O) groups excluding carboxylic acids is 1. The summed E-state index contributed by atoms with van der Waals surface area (Å²) in [5.74, 6) is 0.0672. The lowest BCUT2D eigenvalue weighted by Crippen LogP contribution is -2.05. The minimum Gasteiger partial charge on any atom is -0.297 e. The van der Waals surface area contributed by atoms with Crippen LogP contribution in [-0.4, -0.2) is 12.5 Å². The second-order valence-electron chi connectivity index (χ2n) is 2.39. The quantitative estimate of drug-likeness (QED) is 0.571. The van der Waals surface area contributed by atoms with E-state index in [0.29, 0.717) is 12.3 Å². The number of halogens is 1. The van der Waals surface area contributed by atoms with E-state index in [1.54, 1.807) is 0 Å². The molecule has 0 bridgehead atoms. The maximum Gasteiger partial charge on any atom is 0.164 e. The second-order valence-corrected chi connectivity index (χ2v) is 2.39. The number of carbonyl (C=O) groups is 1. The van der Waals surface area contributed by atoms with Gasteiger partial charge >= 0.3 is 0 Å². The predicted octanol–water partition coefficient (Wildman–Crippen LogP) is 1.96. The van der Waals surface area contributed by atoms with Gasteiger partial charge in [0.25, 0.3) is 0 Å². The summed E-state index contributed by atoms with van der Waals surface area (Å²) in [5, 5.41) is 0. The monoisotopic (exact) mass is 132 g/mol. The molecule has 0 spiro atoms. The van der Waals surface area contributed by atoms with Crippen LogP contribution in [0.5, 0.6) is 0 Å². The van der Waals surface area contributed by atoms with Crippen molar-refractivity contribution in [2.75, 3.05) is 6.67 Å². The van der Waals surface area contributed by atoms with Crippen LogP contribution in [0.4, 0.5) is 4.39 Å². The van der Waals surface area contributed by atoms with Crippen LogP contribution in [0.1, 0.15) is 26.7 Å². The van der Waals surface area contributed by atoms with Gasteiger partial charge in [-0.1, -0.05) is 20.3 Å². The van der Waals surface area contributed by atoms with Gasteiger partial charge in [-0.2, -0.15) is 0 Å². The summed E-state index contributed by atoms with van der Waals surface area (Å²) in [6.07, 6.45) is 1.35. The summed E-state index contributed by atoms with van der Waals surface area (Å²) in [6, 6.07) is 0. The highest BCUT2D eigenvalue weighted by molar-refractivity contribution is 5.79. The molecular formula is C7H13FO. The largest absolute Gasteiger partial charge is 0.297 e. The number of hydrogen-bond donors (Lipinski definition) is 0. The van der Waals surface area contributed by atoms with Gasteiger partial charge in [0.2, 0.25) is 0 Å². The summed E-state index contributed by atoms with van der Waals surface area (Å²) < 4.78 is 11.5. The van der Waals surface area contributed by atoms with Crippen molar-refractivity contribution in [2.45, 2.75) is 26.7 Å². The molecule has 0 aromatic carbocycles. The SMILES string of the molecule is CCC(C)CC(=O)CF. The van der Waals surface area contributed by atoms with E-state index in [1.807, 2.05) is 13.8 Å². The van der Waals surface area contributed by atoms with Crippen LogP contribution in [0.2, 0.25) is 0 Å². The zero-order valence-electron chi connectivity index (χ0n) is 5.98. The van der Waals surface area contributed by atoms with Crippen molar-refractivity contribution in [2.24, 2.45) is 5.92 Å². The molecule has 2 heteroatoms. The van der Waals surface area contributed by atoms with Gasteiger partial charge in [-0.15, -0.1) is 0 Å². The van der Waals surface area contributed by atoms with Gasteiger partial charge in [0.05, 0.1) is 0 Å². The Morgan fingerprint density at radius 1 is 1.67 bits per heavy atom. The van der Waals surface area contributed by atoms with Gasteiger partial charge in [-0.3, -0.25) is 4.79 Å². The lowest BCUT2D eigenvalue weighted by Gasteiger charge is -2.02. The summed E-state index contributed by atoms with van der Waals surface area (Å²) in [4.78, 5) is 10.4. The van der Waals surface area contributed by atoms with Crippen molar-refractivity contribution in [3.63, 3.8) is 0 Å². The van der Waals surface area contributed by atoms with Gasteiger partial charge in [-0.05, 0) is 5.92 Å². The molecule has 0 rings (SSSR count). The third-order valence-electron chi connectivity index (χ3n) is 1.42. The molecule has 9 heavy (non-hydrogen) atoms. The first-order valence-corrected chi connectivity index (χ1v) is 3.28. The maximum atomic E-state index is 11.5. The predicted molar refractivity (Wildman–Crippen MR) is 35.1 cm³/mol. The Labute approximate surface area is 55.3 Å². The number of alkyl halides is 1. The Balaban J connectivity index is 3.34. The van der Waals surface area contributed by atoms with E-state index in [9.17, 15) is 9.18 Å². The zero-order valence-corrected chi connectivity index (χ0v) is 5.98. The van der Waals surface area contributed by atoms with Crippen LogP contribution >= 0.6 is 0 Å².